The van der Waals surface area contributed by atoms with Gasteiger partial charge in [-0.1, -0.05) is 45.0 Å². The summed E-state index contributed by atoms with van der Waals surface area (Å²) >= 11 is 0. The number of hydrogen-bond acceptors (Lipinski definition) is 3. The van der Waals surface area contributed by atoms with Gasteiger partial charge in [-0.15, -0.1) is 0 Å². The number of amides is 1. The molecular weight excluding hydrogens is 314 g/mol. The summed E-state index contributed by atoms with van der Waals surface area (Å²) < 4.78 is 1.74. The van der Waals surface area contributed by atoms with Crippen LogP contribution in [0.5, 0.6) is 0 Å². The lowest BCUT2D eigenvalue weighted by atomic mass is 9.87. The van der Waals surface area contributed by atoms with E-state index in [1.54, 1.807) is 4.57 Å². The second-order valence-corrected chi connectivity index (χ2v) is 7.14. The van der Waals surface area contributed by atoms with E-state index in [1.807, 2.05) is 48.5 Å². The second-order valence-electron chi connectivity index (χ2n) is 7.14. The molecule has 0 aliphatic heterocycles. The fraction of sp³-hybridized carbons (Fsp3) is 0.300. The van der Waals surface area contributed by atoms with E-state index in [4.69, 9.17) is 0 Å². The van der Waals surface area contributed by atoms with Gasteiger partial charge in [-0.2, -0.15) is 0 Å². The highest BCUT2D eigenvalue weighted by molar-refractivity contribution is 5.91. The number of aromatic nitrogens is 2. The van der Waals surface area contributed by atoms with Crippen molar-refractivity contribution in [3.8, 4) is 0 Å². The van der Waals surface area contributed by atoms with Gasteiger partial charge in [0, 0.05) is 5.69 Å². The molecule has 1 heterocycles. The molecule has 1 amide bonds. The maximum Gasteiger partial charge on any atom is 0.244 e. The largest absolute Gasteiger partial charge is 0.388 e. The minimum Gasteiger partial charge on any atom is -0.388 e. The summed E-state index contributed by atoms with van der Waals surface area (Å²) in [5.41, 5.74) is 3.66. The first-order valence-corrected chi connectivity index (χ1v) is 8.34. The lowest BCUT2D eigenvalue weighted by Crippen LogP contribution is -2.20. The van der Waals surface area contributed by atoms with E-state index in [-0.39, 0.29) is 24.5 Å². The molecule has 5 nitrogen and oxygen atoms in total. The van der Waals surface area contributed by atoms with Crippen LogP contribution in [0.15, 0.2) is 48.5 Å². The molecule has 0 radical (unpaired) electrons. The molecule has 1 aromatic heterocycles. The summed E-state index contributed by atoms with van der Waals surface area (Å²) in [6.45, 7) is 6.36. The van der Waals surface area contributed by atoms with E-state index < -0.39 is 0 Å². The molecule has 130 valence electrons. The first kappa shape index (κ1) is 17.2. The number of carbonyl (C=O) groups excluding carboxylic acids is 1. The van der Waals surface area contributed by atoms with E-state index in [0.717, 1.165) is 16.7 Å². The van der Waals surface area contributed by atoms with Crippen LogP contribution >= 0.6 is 0 Å². The Kier molecular flexibility index (Phi) is 4.59. The van der Waals surface area contributed by atoms with Gasteiger partial charge >= 0.3 is 0 Å². The van der Waals surface area contributed by atoms with Crippen molar-refractivity contribution in [2.45, 2.75) is 39.3 Å². The molecular formula is C20H23N3O2. The number of carbonyl (C=O) groups is 1. The van der Waals surface area contributed by atoms with Crippen molar-refractivity contribution >= 4 is 22.6 Å². The molecule has 0 spiro atoms. The highest BCUT2D eigenvalue weighted by Crippen LogP contribution is 2.23. The average molecular weight is 337 g/mol. The summed E-state index contributed by atoms with van der Waals surface area (Å²) in [5, 5.41) is 12.4. The molecule has 0 fully saturated rings. The Balaban J connectivity index is 1.77. The van der Waals surface area contributed by atoms with Gasteiger partial charge in [0.15, 0.2) is 0 Å². The fourth-order valence-corrected chi connectivity index (χ4v) is 2.82. The maximum absolute atomic E-state index is 12.4. The van der Waals surface area contributed by atoms with Crippen LogP contribution in [0.4, 0.5) is 5.69 Å². The number of imidazole rings is 1. The first-order valence-electron chi connectivity index (χ1n) is 8.34. The van der Waals surface area contributed by atoms with E-state index in [2.05, 4.69) is 31.1 Å². The Morgan fingerprint density at radius 1 is 1.12 bits per heavy atom. The lowest BCUT2D eigenvalue weighted by Gasteiger charge is -2.19. The Morgan fingerprint density at radius 3 is 2.44 bits per heavy atom. The van der Waals surface area contributed by atoms with E-state index in [0.29, 0.717) is 5.82 Å². The normalized spacial score (nSPS) is 11.7. The van der Waals surface area contributed by atoms with Gasteiger partial charge in [0.05, 0.1) is 11.0 Å². The lowest BCUT2D eigenvalue weighted by molar-refractivity contribution is -0.116. The molecule has 3 rings (SSSR count). The summed E-state index contributed by atoms with van der Waals surface area (Å²) in [5.74, 6) is 0.334. The smallest absolute Gasteiger partial charge is 0.244 e. The third-order valence-corrected chi connectivity index (χ3v) is 4.21. The van der Waals surface area contributed by atoms with Crippen molar-refractivity contribution in [1.82, 2.24) is 9.55 Å². The van der Waals surface area contributed by atoms with Crippen LogP contribution in [0.2, 0.25) is 0 Å². The van der Waals surface area contributed by atoms with E-state index in [9.17, 15) is 9.90 Å². The molecule has 25 heavy (non-hydrogen) atoms. The van der Waals surface area contributed by atoms with Gasteiger partial charge in [-0.05, 0) is 35.2 Å². The quantitative estimate of drug-likeness (QED) is 0.766. The van der Waals surface area contributed by atoms with E-state index >= 15 is 0 Å². The number of fused-ring (bicyclic) bond motifs is 1. The zero-order valence-electron chi connectivity index (χ0n) is 14.8. The summed E-state index contributed by atoms with van der Waals surface area (Å²) in [7, 11) is 0. The molecule has 0 unspecified atom stereocenters. The molecule has 0 aliphatic rings. The number of para-hydroxylation sites is 2. The Labute approximate surface area is 147 Å². The summed E-state index contributed by atoms with van der Waals surface area (Å²) in [6, 6.07) is 15.4. The number of aliphatic hydroxyl groups excluding tert-OH is 1. The van der Waals surface area contributed by atoms with Crippen molar-refractivity contribution in [3.63, 3.8) is 0 Å². The van der Waals surface area contributed by atoms with Crippen LogP contribution in [0, 0.1) is 0 Å². The molecule has 2 N–H and O–H groups in total. The summed E-state index contributed by atoms with van der Waals surface area (Å²) in [6.07, 6.45) is 0. The topological polar surface area (TPSA) is 67.2 Å². The van der Waals surface area contributed by atoms with Crippen LogP contribution in [-0.2, 0) is 23.4 Å². The number of benzene rings is 2. The SMILES string of the molecule is CC(C)(C)c1ccc(NC(=O)Cn2c(CO)nc3ccccc32)cc1. The predicted molar refractivity (Wildman–Crippen MR) is 99.4 cm³/mol. The van der Waals surface area contributed by atoms with Gasteiger partial charge in [0.1, 0.15) is 19.0 Å². The monoisotopic (exact) mass is 337 g/mol. The zero-order valence-corrected chi connectivity index (χ0v) is 14.8. The summed E-state index contributed by atoms with van der Waals surface area (Å²) in [4.78, 5) is 16.8. The number of aliphatic hydroxyl groups is 1. The fourth-order valence-electron chi connectivity index (χ4n) is 2.82. The van der Waals surface area contributed by atoms with Crippen LogP contribution in [0.3, 0.4) is 0 Å². The third kappa shape index (κ3) is 3.72. The molecule has 0 aliphatic carbocycles. The highest BCUT2D eigenvalue weighted by atomic mass is 16.3. The van der Waals surface area contributed by atoms with Gasteiger partial charge in [-0.3, -0.25) is 4.79 Å². The van der Waals surface area contributed by atoms with Crippen LogP contribution in [-0.4, -0.2) is 20.6 Å². The molecule has 2 aromatic carbocycles. The number of nitrogens with one attached hydrogen (secondary N) is 1. The number of nitrogens with zero attached hydrogens (tertiary/aromatic N) is 2. The average Bonchev–Trinajstić information content (AvgIpc) is 2.92. The molecule has 0 saturated carbocycles. The molecule has 5 heteroatoms. The number of rotatable bonds is 4. The van der Waals surface area contributed by atoms with Crippen molar-refractivity contribution in [3.05, 3.63) is 59.9 Å². The van der Waals surface area contributed by atoms with Crippen LogP contribution in [0.1, 0.15) is 32.2 Å². The Hall–Kier alpha value is -2.66. The van der Waals surface area contributed by atoms with Crippen molar-refractivity contribution in [1.29, 1.82) is 0 Å². The minimum absolute atomic E-state index is 0.0777. The number of anilines is 1. The van der Waals surface area contributed by atoms with Crippen molar-refractivity contribution in [2.75, 3.05) is 5.32 Å². The van der Waals surface area contributed by atoms with E-state index in [1.165, 1.54) is 5.56 Å². The van der Waals surface area contributed by atoms with Gasteiger partial charge in [0.2, 0.25) is 5.91 Å². The minimum atomic E-state index is -0.206. The van der Waals surface area contributed by atoms with Crippen molar-refractivity contribution < 1.29 is 9.90 Å². The Morgan fingerprint density at radius 2 is 1.80 bits per heavy atom. The zero-order chi connectivity index (χ0) is 18.0. The molecule has 0 atom stereocenters. The standard InChI is InChI=1S/C20H23N3O2/c1-20(2,3)14-8-10-15(11-9-14)21-19(25)12-23-17-7-5-4-6-16(17)22-18(23)13-24/h4-11,24H,12-13H2,1-3H3,(H,21,25). The van der Waals surface area contributed by atoms with Gasteiger partial charge < -0.3 is 15.0 Å². The molecule has 3 aromatic rings. The van der Waals surface area contributed by atoms with Crippen LogP contribution < -0.4 is 5.32 Å². The van der Waals surface area contributed by atoms with Crippen LogP contribution in [0.25, 0.3) is 11.0 Å². The first-order chi connectivity index (χ1) is 11.9. The second kappa shape index (κ2) is 6.69. The van der Waals surface area contributed by atoms with Gasteiger partial charge in [0.25, 0.3) is 0 Å². The van der Waals surface area contributed by atoms with Crippen molar-refractivity contribution in [2.24, 2.45) is 0 Å². The highest BCUT2D eigenvalue weighted by Gasteiger charge is 2.15. The molecule has 0 bridgehead atoms. The predicted octanol–water partition coefficient (Wildman–Crippen LogP) is 3.46. The molecule has 0 saturated heterocycles. The Bertz CT molecular complexity index is 889. The number of hydrogen-bond donors (Lipinski definition) is 2. The van der Waals surface area contributed by atoms with Gasteiger partial charge in [-0.25, -0.2) is 4.98 Å². The third-order valence-electron chi connectivity index (χ3n) is 4.21. The maximum atomic E-state index is 12.4.